The lowest BCUT2D eigenvalue weighted by Gasteiger charge is -2.47. The van der Waals surface area contributed by atoms with Crippen LogP contribution in [-0.4, -0.2) is 40.7 Å². The molecule has 2 amide bonds. The van der Waals surface area contributed by atoms with E-state index in [4.69, 9.17) is 9.47 Å². The van der Waals surface area contributed by atoms with Crippen LogP contribution in [0, 0.1) is 0 Å². The Kier molecular flexibility index (Phi) is 6.78. The summed E-state index contributed by atoms with van der Waals surface area (Å²) < 4.78 is 10.5. The van der Waals surface area contributed by atoms with Gasteiger partial charge in [0.05, 0.1) is 12.1 Å². The zero-order valence-electron chi connectivity index (χ0n) is 16.7. The Hall–Kier alpha value is -1.76. The summed E-state index contributed by atoms with van der Waals surface area (Å²) in [5, 5.41) is 2.68. The number of carbonyl (C=O) groups is 2. The smallest absolute Gasteiger partial charge is 0.411 e. The number of nitrogens with zero attached hydrogens (tertiary/aromatic N) is 1. The number of amides is 2. The number of anilines is 1. The van der Waals surface area contributed by atoms with Crippen molar-refractivity contribution in [1.29, 1.82) is 0 Å². The summed E-state index contributed by atoms with van der Waals surface area (Å²) in [6.45, 7) is 10.4. The predicted molar refractivity (Wildman–Crippen MR) is 109 cm³/mol. The van der Waals surface area contributed by atoms with Crippen LogP contribution in [0.1, 0.15) is 53.0 Å². The van der Waals surface area contributed by atoms with Gasteiger partial charge in [-0.3, -0.25) is 10.2 Å². The highest BCUT2D eigenvalue weighted by molar-refractivity contribution is 9.09. The third-order valence-electron chi connectivity index (χ3n) is 4.52. The molecule has 1 aliphatic heterocycles. The van der Waals surface area contributed by atoms with Crippen molar-refractivity contribution in [2.24, 2.45) is 0 Å². The maximum absolute atomic E-state index is 12.8. The molecule has 6 nitrogen and oxygen atoms in total. The Labute approximate surface area is 169 Å². The summed E-state index contributed by atoms with van der Waals surface area (Å²) in [7, 11) is 0. The molecule has 27 heavy (non-hydrogen) atoms. The second-order valence-corrected chi connectivity index (χ2v) is 9.21. The van der Waals surface area contributed by atoms with Crippen molar-refractivity contribution in [1.82, 2.24) is 4.90 Å². The van der Waals surface area contributed by atoms with Crippen molar-refractivity contribution in [2.45, 2.75) is 63.4 Å². The second kappa shape index (κ2) is 8.50. The molecule has 2 rings (SSSR count). The van der Waals surface area contributed by atoms with Gasteiger partial charge in [0.2, 0.25) is 0 Å². The number of hydrogen-bond acceptors (Lipinski definition) is 4. The molecule has 0 aromatic heterocycles. The lowest BCUT2D eigenvalue weighted by molar-refractivity contribution is -0.0113. The molecule has 7 heteroatoms. The van der Waals surface area contributed by atoms with Gasteiger partial charge in [-0.1, -0.05) is 28.1 Å². The van der Waals surface area contributed by atoms with Crippen molar-refractivity contribution in [3.8, 4) is 0 Å². The van der Waals surface area contributed by atoms with Gasteiger partial charge in [-0.25, -0.2) is 9.59 Å². The molecule has 1 aromatic rings. The molecule has 0 saturated carbocycles. The molecule has 1 aromatic carbocycles. The van der Waals surface area contributed by atoms with E-state index in [1.165, 1.54) is 0 Å². The molecule has 1 fully saturated rings. The van der Waals surface area contributed by atoms with Gasteiger partial charge in [0.1, 0.15) is 5.60 Å². The van der Waals surface area contributed by atoms with Crippen LogP contribution in [0.4, 0.5) is 15.3 Å². The molecule has 0 radical (unpaired) electrons. The van der Waals surface area contributed by atoms with E-state index in [-0.39, 0.29) is 6.09 Å². The summed E-state index contributed by atoms with van der Waals surface area (Å²) >= 11 is 3.71. The molecule has 1 saturated heterocycles. The summed E-state index contributed by atoms with van der Waals surface area (Å²) in [5.74, 6) is 0. The highest BCUT2D eigenvalue weighted by Crippen LogP contribution is 2.41. The van der Waals surface area contributed by atoms with Crippen LogP contribution >= 0.6 is 15.9 Å². The fourth-order valence-electron chi connectivity index (χ4n) is 3.24. The van der Waals surface area contributed by atoms with E-state index in [1.807, 2.05) is 49.9 Å². The van der Waals surface area contributed by atoms with Crippen molar-refractivity contribution < 1.29 is 19.1 Å². The number of rotatable bonds is 3. The molecule has 1 heterocycles. The molecule has 0 aliphatic carbocycles. The lowest BCUT2D eigenvalue weighted by Crippen LogP contribution is -2.54. The first-order valence-electron chi connectivity index (χ1n) is 9.24. The zero-order valence-corrected chi connectivity index (χ0v) is 18.3. The fourth-order valence-corrected chi connectivity index (χ4v) is 4.08. The molecule has 0 bridgehead atoms. The van der Waals surface area contributed by atoms with Crippen LogP contribution in [0.5, 0.6) is 0 Å². The highest BCUT2D eigenvalue weighted by atomic mass is 79.9. The minimum Gasteiger partial charge on any atom is -0.450 e. The van der Waals surface area contributed by atoms with Crippen LogP contribution in [0.25, 0.3) is 0 Å². The van der Waals surface area contributed by atoms with E-state index in [1.54, 1.807) is 6.92 Å². The van der Waals surface area contributed by atoms with E-state index in [0.717, 1.165) is 18.4 Å². The maximum atomic E-state index is 12.8. The molecule has 0 spiro atoms. The predicted octanol–water partition coefficient (Wildman–Crippen LogP) is 5.26. The first kappa shape index (κ1) is 21.5. The Bertz CT molecular complexity index is 672. The highest BCUT2D eigenvalue weighted by Gasteiger charge is 2.43. The molecular weight excluding hydrogens is 412 g/mol. The minimum atomic E-state index is -0.545. The topological polar surface area (TPSA) is 67.9 Å². The maximum Gasteiger partial charge on any atom is 0.411 e. The van der Waals surface area contributed by atoms with Gasteiger partial charge in [0.25, 0.3) is 0 Å². The number of carbonyl (C=O) groups excluding carboxylic acids is 2. The molecular formula is C20H29BrN2O4. The Balaban J connectivity index is 2.24. The van der Waals surface area contributed by atoms with Gasteiger partial charge >= 0.3 is 12.2 Å². The molecule has 2 atom stereocenters. The fraction of sp³-hybridized carbons (Fsp3) is 0.600. The second-order valence-electron chi connectivity index (χ2n) is 7.92. The van der Waals surface area contributed by atoms with E-state index >= 15 is 0 Å². The molecule has 150 valence electrons. The quantitative estimate of drug-likeness (QED) is 0.650. The Morgan fingerprint density at radius 1 is 1.30 bits per heavy atom. The monoisotopic (exact) mass is 440 g/mol. The van der Waals surface area contributed by atoms with Gasteiger partial charge < -0.3 is 9.47 Å². The Morgan fingerprint density at radius 2 is 1.93 bits per heavy atom. The number of hydrogen-bond donors (Lipinski definition) is 1. The van der Waals surface area contributed by atoms with Crippen LogP contribution in [-0.2, 0) is 15.0 Å². The van der Waals surface area contributed by atoms with E-state index in [0.29, 0.717) is 23.7 Å². The summed E-state index contributed by atoms with van der Waals surface area (Å²) in [5.41, 5.74) is 0.594. The third-order valence-corrected chi connectivity index (χ3v) is 5.30. The first-order chi connectivity index (χ1) is 12.5. The van der Waals surface area contributed by atoms with Gasteiger partial charge in [0.15, 0.2) is 0 Å². The third kappa shape index (κ3) is 5.61. The van der Waals surface area contributed by atoms with Crippen molar-refractivity contribution in [3.63, 3.8) is 0 Å². The average molecular weight is 441 g/mol. The number of likely N-dealkylation sites (tertiary alicyclic amines) is 1. The van der Waals surface area contributed by atoms with Crippen molar-refractivity contribution in [2.75, 3.05) is 18.5 Å². The van der Waals surface area contributed by atoms with Crippen LogP contribution in [0.15, 0.2) is 24.3 Å². The van der Waals surface area contributed by atoms with Crippen LogP contribution in [0.2, 0.25) is 0 Å². The SMILES string of the molecule is CCOC(=O)Nc1ccc(C2(C)CC(Br)CCN2C(=O)OC(C)(C)C)cc1. The number of alkyl halides is 1. The van der Waals surface area contributed by atoms with Crippen LogP contribution < -0.4 is 5.32 Å². The molecule has 1 N–H and O–H groups in total. The first-order valence-corrected chi connectivity index (χ1v) is 10.2. The van der Waals surface area contributed by atoms with Crippen molar-refractivity contribution in [3.05, 3.63) is 29.8 Å². The van der Waals surface area contributed by atoms with E-state index in [2.05, 4.69) is 28.2 Å². The van der Waals surface area contributed by atoms with Gasteiger partial charge in [0, 0.05) is 17.1 Å². The number of benzene rings is 1. The average Bonchev–Trinajstić information content (AvgIpc) is 2.53. The van der Waals surface area contributed by atoms with Gasteiger partial charge in [-0.05, 0) is 65.2 Å². The number of nitrogens with one attached hydrogen (secondary N) is 1. The van der Waals surface area contributed by atoms with E-state index in [9.17, 15) is 9.59 Å². The normalized spacial score (nSPS) is 22.9. The van der Waals surface area contributed by atoms with E-state index < -0.39 is 17.2 Å². The number of halogens is 1. The lowest BCUT2D eigenvalue weighted by atomic mass is 9.82. The Morgan fingerprint density at radius 3 is 2.48 bits per heavy atom. The standard InChI is InChI=1S/C20H29BrN2O4/c1-6-26-17(24)22-16-9-7-14(8-10-16)20(5)13-15(21)11-12-23(20)18(25)27-19(2,3)4/h7-10,15H,6,11-13H2,1-5H3,(H,22,24). The zero-order chi connectivity index (χ0) is 20.2. The van der Waals surface area contributed by atoms with Gasteiger partial charge in [-0.15, -0.1) is 0 Å². The summed E-state index contributed by atoms with van der Waals surface area (Å²) in [6, 6.07) is 7.51. The molecule has 2 unspecified atom stereocenters. The number of piperidine rings is 1. The minimum absolute atomic E-state index is 0.307. The summed E-state index contributed by atoms with van der Waals surface area (Å²) in [4.78, 5) is 26.5. The van der Waals surface area contributed by atoms with Crippen LogP contribution in [0.3, 0.4) is 0 Å². The number of ether oxygens (including phenoxy) is 2. The van der Waals surface area contributed by atoms with Crippen molar-refractivity contribution >= 4 is 33.8 Å². The molecule has 1 aliphatic rings. The van der Waals surface area contributed by atoms with Gasteiger partial charge in [-0.2, -0.15) is 0 Å². The summed E-state index contributed by atoms with van der Waals surface area (Å²) in [6.07, 6.45) is 0.858. The largest absolute Gasteiger partial charge is 0.450 e.